The van der Waals surface area contributed by atoms with E-state index in [2.05, 4.69) is 15.4 Å². The van der Waals surface area contributed by atoms with Gasteiger partial charge < -0.3 is 15.4 Å². The molecule has 0 fully saturated rings. The third-order valence-corrected chi connectivity index (χ3v) is 6.47. The quantitative estimate of drug-likeness (QED) is 0.433. The van der Waals surface area contributed by atoms with Gasteiger partial charge in [-0.1, -0.05) is 36.4 Å². The van der Waals surface area contributed by atoms with Gasteiger partial charge in [-0.05, 0) is 60.9 Å². The zero-order valence-corrected chi connectivity index (χ0v) is 20.0. The van der Waals surface area contributed by atoms with E-state index in [1.807, 2.05) is 30.3 Å². The summed E-state index contributed by atoms with van der Waals surface area (Å²) in [4.78, 5) is 24.3. The average molecular weight is 482 g/mol. The van der Waals surface area contributed by atoms with Gasteiger partial charge in [-0.2, -0.15) is 4.72 Å². The highest BCUT2D eigenvalue weighted by molar-refractivity contribution is 7.89. The maximum absolute atomic E-state index is 13.3. The van der Waals surface area contributed by atoms with E-state index in [0.29, 0.717) is 11.4 Å². The molecule has 0 heterocycles. The number of nitrogens with one attached hydrogen (secondary N) is 3. The first kappa shape index (κ1) is 24.9. The summed E-state index contributed by atoms with van der Waals surface area (Å²) in [5, 5.41) is 5.40. The van der Waals surface area contributed by atoms with Crippen molar-refractivity contribution in [3.8, 4) is 5.75 Å². The molecular formula is C25H27N3O5S. The Morgan fingerprint density at radius 1 is 0.912 bits per heavy atom. The fraction of sp³-hybridized carbons (Fsp3) is 0.200. The topological polar surface area (TPSA) is 114 Å². The number of carbonyl (C=O) groups is 2. The van der Waals surface area contributed by atoms with Crippen LogP contribution in [0.2, 0.25) is 0 Å². The third-order valence-electron chi connectivity index (χ3n) is 4.98. The fourth-order valence-corrected chi connectivity index (χ4v) is 4.80. The third kappa shape index (κ3) is 6.66. The van der Waals surface area contributed by atoms with Gasteiger partial charge in [0.25, 0.3) is 0 Å². The van der Waals surface area contributed by atoms with Crippen LogP contribution in [0.1, 0.15) is 18.1 Å². The van der Waals surface area contributed by atoms with E-state index in [0.717, 1.165) is 11.1 Å². The molecule has 8 nitrogen and oxygen atoms in total. The van der Waals surface area contributed by atoms with Crippen LogP contribution in [0.3, 0.4) is 0 Å². The van der Waals surface area contributed by atoms with Gasteiger partial charge in [0, 0.05) is 18.3 Å². The Morgan fingerprint density at radius 2 is 1.53 bits per heavy atom. The zero-order valence-electron chi connectivity index (χ0n) is 19.2. The van der Waals surface area contributed by atoms with Crippen molar-refractivity contribution in [3.63, 3.8) is 0 Å². The van der Waals surface area contributed by atoms with E-state index in [1.54, 1.807) is 43.3 Å². The molecule has 34 heavy (non-hydrogen) atoms. The molecule has 0 aliphatic rings. The molecule has 0 aliphatic heterocycles. The number of amides is 2. The summed E-state index contributed by atoms with van der Waals surface area (Å²) >= 11 is 0. The van der Waals surface area contributed by atoms with Crippen molar-refractivity contribution < 1.29 is 22.7 Å². The molecule has 0 radical (unpaired) electrons. The number of carbonyl (C=O) groups excluding carboxylic acids is 2. The molecule has 3 aromatic carbocycles. The molecule has 3 aromatic rings. The van der Waals surface area contributed by atoms with Gasteiger partial charge in [-0.25, -0.2) is 8.42 Å². The Bertz CT molecular complexity index is 1260. The summed E-state index contributed by atoms with van der Waals surface area (Å²) in [7, 11) is -2.69. The van der Waals surface area contributed by atoms with Crippen LogP contribution < -0.4 is 20.1 Å². The number of benzene rings is 3. The molecule has 0 aromatic heterocycles. The van der Waals surface area contributed by atoms with E-state index in [9.17, 15) is 18.0 Å². The number of hydrogen-bond donors (Lipinski definition) is 3. The first-order valence-electron chi connectivity index (χ1n) is 10.6. The Kier molecular flexibility index (Phi) is 8.04. The van der Waals surface area contributed by atoms with Crippen molar-refractivity contribution in [2.45, 2.75) is 31.2 Å². The molecule has 3 rings (SSSR count). The average Bonchev–Trinajstić information content (AvgIpc) is 2.80. The smallest absolute Gasteiger partial charge is 0.245 e. The highest BCUT2D eigenvalue weighted by Crippen LogP contribution is 2.25. The predicted octanol–water partition coefficient (Wildman–Crippen LogP) is 3.49. The van der Waals surface area contributed by atoms with Crippen molar-refractivity contribution >= 4 is 33.2 Å². The summed E-state index contributed by atoms with van der Waals surface area (Å²) < 4.78 is 34.3. The molecule has 1 atom stereocenters. The van der Waals surface area contributed by atoms with Crippen LogP contribution in [0.5, 0.6) is 5.75 Å². The maximum Gasteiger partial charge on any atom is 0.245 e. The largest absolute Gasteiger partial charge is 0.495 e. The van der Waals surface area contributed by atoms with Gasteiger partial charge in [0.2, 0.25) is 21.8 Å². The molecule has 0 bridgehead atoms. The molecule has 1 unspecified atom stereocenters. The molecule has 0 saturated heterocycles. The van der Waals surface area contributed by atoms with Crippen LogP contribution in [0, 0.1) is 6.92 Å². The summed E-state index contributed by atoms with van der Waals surface area (Å²) in [6.45, 7) is 3.18. The van der Waals surface area contributed by atoms with Gasteiger partial charge in [-0.15, -0.1) is 0 Å². The summed E-state index contributed by atoms with van der Waals surface area (Å²) in [5.74, 6) is -0.544. The Balaban J connectivity index is 1.87. The van der Waals surface area contributed by atoms with Gasteiger partial charge in [0.05, 0.1) is 7.11 Å². The summed E-state index contributed by atoms with van der Waals surface area (Å²) in [6, 6.07) is 19.4. The fourth-order valence-electron chi connectivity index (χ4n) is 3.35. The van der Waals surface area contributed by atoms with E-state index in [4.69, 9.17) is 4.74 Å². The number of methoxy groups -OCH3 is 1. The lowest BCUT2D eigenvalue weighted by atomic mass is 10.1. The molecular weight excluding hydrogens is 454 g/mol. The Labute approximate surface area is 199 Å². The van der Waals surface area contributed by atoms with Crippen molar-refractivity contribution in [1.82, 2.24) is 4.72 Å². The number of aryl methyl sites for hydroxylation is 1. The number of sulfonamides is 1. The SMILES string of the molecule is COc1ccc(C)cc1S(=O)(=O)NC(Cc1ccccc1)C(=O)Nc1ccc(NC(C)=O)cc1. The second kappa shape index (κ2) is 11.0. The minimum Gasteiger partial charge on any atom is -0.495 e. The van der Waals surface area contributed by atoms with Crippen LogP contribution in [-0.2, 0) is 26.0 Å². The van der Waals surface area contributed by atoms with E-state index in [-0.39, 0.29) is 23.0 Å². The molecule has 0 saturated carbocycles. The van der Waals surface area contributed by atoms with Crippen molar-refractivity contribution in [2.75, 3.05) is 17.7 Å². The second-order valence-electron chi connectivity index (χ2n) is 7.77. The van der Waals surface area contributed by atoms with E-state index >= 15 is 0 Å². The first-order chi connectivity index (χ1) is 16.2. The molecule has 3 N–H and O–H groups in total. The van der Waals surface area contributed by atoms with Crippen molar-refractivity contribution in [1.29, 1.82) is 0 Å². The van der Waals surface area contributed by atoms with Gasteiger partial charge in [-0.3, -0.25) is 9.59 Å². The molecule has 178 valence electrons. The van der Waals surface area contributed by atoms with Crippen LogP contribution in [0.25, 0.3) is 0 Å². The Morgan fingerprint density at radius 3 is 2.12 bits per heavy atom. The lowest BCUT2D eigenvalue weighted by Crippen LogP contribution is -2.45. The number of hydrogen-bond acceptors (Lipinski definition) is 5. The molecule has 9 heteroatoms. The normalized spacial score (nSPS) is 12.0. The van der Waals surface area contributed by atoms with Crippen LogP contribution in [0.15, 0.2) is 77.7 Å². The van der Waals surface area contributed by atoms with Crippen LogP contribution >= 0.6 is 0 Å². The monoisotopic (exact) mass is 481 g/mol. The minimum atomic E-state index is -4.09. The predicted molar refractivity (Wildman–Crippen MR) is 131 cm³/mol. The number of anilines is 2. The van der Waals surface area contributed by atoms with Crippen molar-refractivity contribution in [3.05, 3.63) is 83.9 Å². The van der Waals surface area contributed by atoms with Crippen LogP contribution in [-0.4, -0.2) is 33.4 Å². The zero-order chi connectivity index (χ0) is 24.7. The Hall–Kier alpha value is -3.69. The minimum absolute atomic E-state index is 0.0412. The standard InChI is InChI=1S/C25H27N3O5S/c1-17-9-14-23(33-3)24(15-17)34(31,32)28-22(16-19-7-5-4-6-8-19)25(30)27-21-12-10-20(11-13-21)26-18(2)29/h4-15,22,28H,16H2,1-3H3,(H,26,29)(H,27,30). The first-order valence-corrected chi connectivity index (χ1v) is 12.1. The molecule has 0 aliphatic carbocycles. The number of ether oxygens (including phenoxy) is 1. The van der Waals surface area contributed by atoms with Gasteiger partial charge in [0.1, 0.15) is 16.7 Å². The van der Waals surface area contributed by atoms with Gasteiger partial charge in [0.15, 0.2) is 0 Å². The van der Waals surface area contributed by atoms with Crippen molar-refractivity contribution in [2.24, 2.45) is 0 Å². The van der Waals surface area contributed by atoms with E-state index in [1.165, 1.54) is 20.1 Å². The lowest BCUT2D eigenvalue weighted by molar-refractivity contribution is -0.117. The highest BCUT2D eigenvalue weighted by atomic mass is 32.2. The molecule has 2 amide bonds. The lowest BCUT2D eigenvalue weighted by Gasteiger charge is -2.20. The highest BCUT2D eigenvalue weighted by Gasteiger charge is 2.28. The maximum atomic E-state index is 13.3. The number of rotatable bonds is 9. The van der Waals surface area contributed by atoms with E-state index < -0.39 is 22.0 Å². The van der Waals surface area contributed by atoms with Gasteiger partial charge >= 0.3 is 0 Å². The summed E-state index contributed by atoms with van der Waals surface area (Å²) in [6.07, 6.45) is 0.143. The summed E-state index contributed by atoms with van der Waals surface area (Å²) in [5.41, 5.74) is 2.58. The van der Waals surface area contributed by atoms with Crippen LogP contribution in [0.4, 0.5) is 11.4 Å². The second-order valence-corrected chi connectivity index (χ2v) is 9.45. The molecule has 0 spiro atoms.